The molecule has 2 heterocycles. The van der Waals surface area contributed by atoms with Gasteiger partial charge in [-0.05, 0) is 36.1 Å². The van der Waals surface area contributed by atoms with Crippen molar-refractivity contribution in [2.45, 2.75) is 38.6 Å². The van der Waals surface area contributed by atoms with Crippen molar-refractivity contribution in [2.75, 3.05) is 13.2 Å². The van der Waals surface area contributed by atoms with Gasteiger partial charge in [-0.25, -0.2) is 9.37 Å². The lowest BCUT2D eigenvalue weighted by Crippen LogP contribution is -2.32. The second kappa shape index (κ2) is 9.13. The third-order valence-electron chi connectivity index (χ3n) is 5.16. The van der Waals surface area contributed by atoms with E-state index in [2.05, 4.69) is 38.7 Å². The zero-order chi connectivity index (χ0) is 19.2. The van der Waals surface area contributed by atoms with Gasteiger partial charge in [0.05, 0.1) is 18.1 Å². The summed E-state index contributed by atoms with van der Waals surface area (Å²) in [4.78, 5) is 6.71. The monoisotopic (exact) mass is 379 g/mol. The van der Waals surface area contributed by atoms with Crippen LogP contribution >= 0.6 is 0 Å². The van der Waals surface area contributed by atoms with Crippen LogP contribution in [-0.4, -0.2) is 33.7 Å². The number of hydrogen-bond acceptors (Lipinski definition) is 3. The van der Waals surface area contributed by atoms with Crippen molar-refractivity contribution in [3.63, 3.8) is 0 Å². The van der Waals surface area contributed by atoms with Gasteiger partial charge in [-0.15, -0.1) is 0 Å². The maximum atomic E-state index is 13.6. The lowest BCUT2D eigenvalue weighted by Gasteiger charge is -2.26. The van der Waals surface area contributed by atoms with Gasteiger partial charge in [0.1, 0.15) is 5.82 Å². The van der Waals surface area contributed by atoms with E-state index in [0.29, 0.717) is 6.54 Å². The SMILES string of the molecule is Fc1cccc(CN(Cc2cncn2Cc2ccccc2)CC2CCCO2)c1. The zero-order valence-electron chi connectivity index (χ0n) is 16.0. The summed E-state index contributed by atoms with van der Waals surface area (Å²) in [5.74, 6) is -0.191. The van der Waals surface area contributed by atoms with Crippen molar-refractivity contribution in [3.05, 3.63) is 89.8 Å². The number of halogens is 1. The number of aromatic nitrogens is 2. The molecule has 5 heteroatoms. The average molecular weight is 379 g/mol. The smallest absolute Gasteiger partial charge is 0.123 e. The molecule has 28 heavy (non-hydrogen) atoms. The molecule has 1 aromatic heterocycles. The van der Waals surface area contributed by atoms with Crippen LogP contribution < -0.4 is 0 Å². The minimum atomic E-state index is -0.191. The number of rotatable bonds is 8. The van der Waals surface area contributed by atoms with Gasteiger partial charge in [0.2, 0.25) is 0 Å². The highest BCUT2D eigenvalue weighted by Gasteiger charge is 2.20. The first kappa shape index (κ1) is 18.8. The van der Waals surface area contributed by atoms with E-state index in [1.165, 1.54) is 11.6 Å². The van der Waals surface area contributed by atoms with E-state index in [1.807, 2.05) is 24.7 Å². The third-order valence-corrected chi connectivity index (χ3v) is 5.16. The summed E-state index contributed by atoms with van der Waals surface area (Å²) in [7, 11) is 0. The molecule has 0 N–H and O–H groups in total. The van der Waals surface area contributed by atoms with Crippen LogP contribution in [0.15, 0.2) is 67.1 Å². The molecule has 1 aliphatic heterocycles. The summed E-state index contributed by atoms with van der Waals surface area (Å²) in [6.07, 6.45) is 6.26. The Labute approximate surface area is 165 Å². The molecule has 0 amide bonds. The van der Waals surface area contributed by atoms with E-state index in [-0.39, 0.29) is 11.9 Å². The maximum Gasteiger partial charge on any atom is 0.123 e. The molecule has 0 saturated carbocycles. The normalized spacial score (nSPS) is 16.7. The molecule has 2 aromatic carbocycles. The predicted octanol–water partition coefficient (Wildman–Crippen LogP) is 4.25. The van der Waals surface area contributed by atoms with Gasteiger partial charge in [0.15, 0.2) is 0 Å². The highest BCUT2D eigenvalue weighted by Crippen LogP contribution is 2.18. The van der Waals surface area contributed by atoms with Crippen LogP contribution in [0.4, 0.5) is 4.39 Å². The minimum Gasteiger partial charge on any atom is -0.377 e. The molecule has 0 aliphatic carbocycles. The Kier molecular flexibility index (Phi) is 6.14. The van der Waals surface area contributed by atoms with Gasteiger partial charge < -0.3 is 9.30 Å². The first-order valence-electron chi connectivity index (χ1n) is 9.87. The van der Waals surface area contributed by atoms with Crippen molar-refractivity contribution in [1.82, 2.24) is 14.5 Å². The largest absolute Gasteiger partial charge is 0.377 e. The summed E-state index contributed by atoms with van der Waals surface area (Å²) >= 11 is 0. The number of ether oxygens (including phenoxy) is 1. The van der Waals surface area contributed by atoms with Gasteiger partial charge in [-0.2, -0.15) is 0 Å². The fourth-order valence-corrected chi connectivity index (χ4v) is 3.79. The lowest BCUT2D eigenvalue weighted by molar-refractivity contribution is 0.0671. The van der Waals surface area contributed by atoms with E-state index in [1.54, 1.807) is 12.1 Å². The molecule has 1 aliphatic rings. The second-order valence-corrected chi connectivity index (χ2v) is 7.43. The first-order valence-corrected chi connectivity index (χ1v) is 9.87. The van der Waals surface area contributed by atoms with Gasteiger partial charge in [-0.1, -0.05) is 42.5 Å². The first-order chi connectivity index (χ1) is 13.8. The predicted molar refractivity (Wildman–Crippen MR) is 107 cm³/mol. The van der Waals surface area contributed by atoms with Gasteiger partial charge in [0, 0.05) is 39.0 Å². The number of imidazole rings is 1. The van der Waals surface area contributed by atoms with E-state index in [0.717, 1.165) is 50.3 Å². The van der Waals surface area contributed by atoms with Crippen LogP contribution in [-0.2, 0) is 24.4 Å². The molecular weight excluding hydrogens is 353 g/mol. The molecule has 0 spiro atoms. The molecule has 1 unspecified atom stereocenters. The van der Waals surface area contributed by atoms with Gasteiger partial charge in [0.25, 0.3) is 0 Å². The van der Waals surface area contributed by atoms with Crippen molar-refractivity contribution in [2.24, 2.45) is 0 Å². The summed E-state index contributed by atoms with van der Waals surface area (Å²) in [5, 5.41) is 0. The minimum absolute atomic E-state index is 0.191. The second-order valence-electron chi connectivity index (χ2n) is 7.43. The molecule has 3 aromatic rings. The van der Waals surface area contributed by atoms with Crippen molar-refractivity contribution in [3.8, 4) is 0 Å². The molecule has 1 saturated heterocycles. The lowest BCUT2D eigenvalue weighted by atomic mass is 10.1. The zero-order valence-corrected chi connectivity index (χ0v) is 16.0. The molecule has 146 valence electrons. The van der Waals surface area contributed by atoms with Crippen molar-refractivity contribution >= 4 is 0 Å². The average Bonchev–Trinajstić information content (AvgIpc) is 3.35. The Bertz CT molecular complexity index is 874. The molecule has 4 nitrogen and oxygen atoms in total. The molecular formula is C23H26FN3O. The van der Waals surface area contributed by atoms with Crippen molar-refractivity contribution < 1.29 is 9.13 Å². The number of hydrogen-bond donors (Lipinski definition) is 0. The van der Waals surface area contributed by atoms with E-state index in [4.69, 9.17) is 4.74 Å². The van der Waals surface area contributed by atoms with Crippen LogP contribution in [0.5, 0.6) is 0 Å². The van der Waals surface area contributed by atoms with Crippen LogP contribution in [0.1, 0.15) is 29.7 Å². The van der Waals surface area contributed by atoms with Crippen LogP contribution in [0.2, 0.25) is 0 Å². The summed E-state index contributed by atoms with van der Waals surface area (Å²) in [6.45, 7) is 3.92. The third kappa shape index (κ3) is 5.06. The van der Waals surface area contributed by atoms with Crippen LogP contribution in [0.3, 0.4) is 0 Å². The fraction of sp³-hybridized carbons (Fsp3) is 0.348. The highest BCUT2D eigenvalue weighted by molar-refractivity contribution is 5.18. The summed E-state index contributed by atoms with van der Waals surface area (Å²) in [6, 6.07) is 17.2. The molecule has 1 atom stereocenters. The Balaban J connectivity index is 1.49. The topological polar surface area (TPSA) is 30.3 Å². The quantitative estimate of drug-likeness (QED) is 0.586. The molecule has 1 fully saturated rings. The Morgan fingerprint density at radius 3 is 2.71 bits per heavy atom. The van der Waals surface area contributed by atoms with Gasteiger partial charge >= 0.3 is 0 Å². The van der Waals surface area contributed by atoms with Crippen LogP contribution in [0.25, 0.3) is 0 Å². The van der Waals surface area contributed by atoms with E-state index >= 15 is 0 Å². The summed E-state index contributed by atoms with van der Waals surface area (Å²) in [5.41, 5.74) is 3.38. The Hall–Kier alpha value is -2.50. The van der Waals surface area contributed by atoms with Crippen LogP contribution in [0, 0.1) is 5.82 Å². The number of nitrogens with zero attached hydrogens (tertiary/aromatic N) is 3. The highest BCUT2D eigenvalue weighted by atomic mass is 19.1. The standard InChI is InChI=1S/C23H26FN3O/c24-21-9-4-8-20(12-21)14-26(17-23-10-5-11-28-23)16-22-13-25-18-27(22)15-19-6-2-1-3-7-19/h1-4,6-9,12-13,18,23H,5,10-11,14-17H2. The fourth-order valence-electron chi connectivity index (χ4n) is 3.79. The van der Waals surface area contributed by atoms with E-state index < -0.39 is 0 Å². The Morgan fingerprint density at radius 1 is 1.07 bits per heavy atom. The molecule has 4 rings (SSSR count). The Morgan fingerprint density at radius 2 is 1.93 bits per heavy atom. The molecule has 0 radical (unpaired) electrons. The summed E-state index contributed by atoms with van der Waals surface area (Å²) < 4.78 is 21.7. The van der Waals surface area contributed by atoms with Crippen molar-refractivity contribution in [1.29, 1.82) is 0 Å². The van der Waals surface area contributed by atoms with E-state index in [9.17, 15) is 4.39 Å². The maximum absolute atomic E-state index is 13.6. The van der Waals surface area contributed by atoms with Gasteiger partial charge in [-0.3, -0.25) is 4.90 Å². The number of benzene rings is 2. The molecule has 0 bridgehead atoms.